The number of rotatable bonds is 69. The van der Waals surface area contributed by atoms with Crippen LogP contribution >= 0.6 is 0 Å². The normalized spacial score (nSPS) is 12.3. The second-order valence-electron chi connectivity index (χ2n) is 25.2. The SMILES string of the molecule is CCCCCCC/C=C\C/C=C\C/C=C\CCCCCCCCCCCCC(=O)OCC(COC(=O)CCCCCCCCCCC/C=C\CCCCCCCC)OC(=O)CCCCCCCCCCCCCCCCCCCCCCC. The van der Waals surface area contributed by atoms with Gasteiger partial charge < -0.3 is 14.2 Å². The van der Waals surface area contributed by atoms with Gasteiger partial charge in [-0.2, -0.15) is 0 Å². The largest absolute Gasteiger partial charge is 0.462 e. The summed E-state index contributed by atoms with van der Waals surface area (Å²) in [4.78, 5) is 38.6. The van der Waals surface area contributed by atoms with E-state index >= 15 is 0 Å². The molecule has 0 spiro atoms. The van der Waals surface area contributed by atoms with E-state index in [9.17, 15) is 14.4 Å². The monoisotopic (exact) mass is 1160 g/mol. The zero-order valence-corrected chi connectivity index (χ0v) is 56.0. The second kappa shape index (κ2) is 71.8. The van der Waals surface area contributed by atoms with Gasteiger partial charge in [0.25, 0.3) is 0 Å². The fourth-order valence-electron chi connectivity index (χ4n) is 11.2. The van der Waals surface area contributed by atoms with Crippen LogP contribution in [0.15, 0.2) is 48.6 Å². The van der Waals surface area contributed by atoms with Gasteiger partial charge >= 0.3 is 17.9 Å². The minimum absolute atomic E-state index is 0.0707. The third-order valence-electron chi connectivity index (χ3n) is 16.8. The molecule has 0 bridgehead atoms. The van der Waals surface area contributed by atoms with Gasteiger partial charge in [0.15, 0.2) is 6.10 Å². The lowest BCUT2D eigenvalue weighted by Gasteiger charge is -2.18. The van der Waals surface area contributed by atoms with Crippen molar-refractivity contribution in [3.8, 4) is 0 Å². The van der Waals surface area contributed by atoms with Crippen molar-refractivity contribution in [1.29, 1.82) is 0 Å². The van der Waals surface area contributed by atoms with E-state index in [0.29, 0.717) is 19.3 Å². The first-order valence-corrected chi connectivity index (χ1v) is 37.1. The topological polar surface area (TPSA) is 78.9 Å². The molecule has 1 atom stereocenters. The van der Waals surface area contributed by atoms with Gasteiger partial charge in [-0.1, -0.05) is 352 Å². The molecule has 0 aliphatic rings. The first-order valence-electron chi connectivity index (χ1n) is 37.1. The van der Waals surface area contributed by atoms with Crippen LogP contribution in [-0.4, -0.2) is 37.2 Å². The van der Waals surface area contributed by atoms with E-state index in [1.807, 2.05) is 0 Å². The van der Waals surface area contributed by atoms with Crippen LogP contribution in [0, 0.1) is 0 Å². The van der Waals surface area contributed by atoms with Crippen LogP contribution < -0.4 is 0 Å². The quantitative estimate of drug-likeness (QED) is 0.0261. The summed E-state index contributed by atoms with van der Waals surface area (Å²) < 4.78 is 17.0. The van der Waals surface area contributed by atoms with Gasteiger partial charge in [0.1, 0.15) is 13.2 Å². The highest BCUT2D eigenvalue weighted by atomic mass is 16.6. The molecular formula is C77H142O6. The molecule has 0 fully saturated rings. The van der Waals surface area contributed by atoms with Crippen molar-refractivity contribution >= 4 is 17.9 Å². The third-order valence-corrected chi connectivity index (χ3v) is 16.8. The highest BCUT2D eigenvalue weighted by molar-refractivity contribution is 5.71. The molecule has 0 amide bonds. The Bertz CT molecular complexity index is 1430. The maximum absolute atomic E-state index is 13.0. The van der Waals surface area contributed by atoms with E-state index in [0.717, 1.165) is 70.6 Å². The van der Waals surface area contributed by atoms with E-state index in [4.69, 9.17) is 14.2 Å². The zero-order chi connectivity index (χ0) is 59.9. The third kappa shape index (κ3) is 70.0. The van der Waals surface area contributed by atoms with E-state index in [2.05, 4.69) is 69.4 Å². The fourth-order valence-corrected chi connectivity index (χ4v) is 11.2. The Labute approximate surface area is 518 Å². The minimum atomic E-state index is -0.776. The summed E-state index contributed by atoms with van der Waals surface area (Å²) >= 11 is 0. The molecule has 0 aromatic carbocycles. The molecule has 0 N–H and O–H groups in total. The molecule has 0 rings (SSSR count). The summed E-state index contributed by atoms with van der Waals surface area (Å²) in [5.41, 5.74) is 0. The van der Waals surface area contributed by atoms with Crippen molar-refractivity contribution in [3.05, 3.63) is 48.6 Å². The predicted molar refractivity (Wildman–Crippen MR) is 362 cm³/mol. The molecule has 0 aromatic heterocycles. The molecule has 0 aromatic rings. The highest BCUT2D eigenvalue weighted by Gasteiger charge is 2.19. The number of hydrogen-bond acceptors (Lipinski definition) is 6. The minimum Gasteiger partial charge on any atom is -0.462 e. The fraction of sp³-hybridized carbons (Fsp3) is 0.857. The van der Waals surface area contributed by atoms with Gasteiger partial charge in [0.05, 0.1) is 0 Å². The maximum Gasteiger partial charge on any atom is 0.306 e. The molecule has 0 aliphatic carbocycles. The molecule has 6 heteroatoms. The summed E-state index contributed by atoms with van der Waals surface area (Å²) in [6.45, 7) is 6.70. The number of esters is 3. The Kier molecular flexibility index (Phi) is 69.6. The Hall–Kier alpha value is -2.63. The number of allylic oxidation sites excluding steroid dienone is 8. The average Bonchev–Trinajstić information content (AvgIpc) is 3.50. The molecule has 0 radical (unpaired) electrons. The van der Waals surface area contributed by atoms with Gasteiger partial charge in [-0.05, 0) is 83.5 Å². The van der Waals surface area contributed by atoms with Gasteiger partial charge in [-0.15, -0.1) is 0 Å². The van der Waals surface area contributed by atoms with Gasteiger partial charge in [0.2, 0.25) is 0 Å². The zero-order valence-electron chi connectivity index (χ0n) is 56.0. The van der Waals surface area contributed by atoms with Crippen LogP contribution in [-0.2, 0) is 28.6 Å². The van der Waals surface area contributed by atoms with Crippen molar-refractivity contribution < 1.29 is 28.6 Å². The lowest BCUT2D eigenvalue weighted by Crippen LogP contribution is -2.30. The van der Waals surface area contributed by atoms with Crippen LogP contribution in [0.4, 0.5) is 0 Å². The summed E-state index contributed by atoms with van der Waals surface area (Å²) in [5, 5.41) is 0. The van der Waals surface area contributed by atoms with Crippen molar-refractivity contribution in [3.63, 3.8) is 0 Å². The Balaban J connectivity index is 4.32. The first kappa shape index (κ1) is 80.4. The first-order chi connectivity index (χ1) is 41.0. The van der Waals surface area contributed by atoms with Crippen LogP contribution in [0.3, 0.4) is 0 Å². The number of unbranched alkanes of at least 4 members (excludes halogenated alkanes) is 50. The van der Waals surface area contributed by atoms with Crippen LogP contribution in [0.5, 0.6) is 0 Å². The van der Waals surface area contributed by atoms with Crippen molar-refractivity contribution in [1.82, 2.24) is 0 Å². The van der Waals surface area contributed by atoms with E-state index in [1.54, 1.807) is 0 Å². The molecule has 1 unspecified atom stereocenters. The standard InChI is InChI=1S/C77H142O6/c1-4-7-10-13-16-19-22-25-28-31-34-36-37-38-39-41-43-46-49-52-55-58-61-64-67-70-76(79)82-73-74(72-81-75(78)69-66-63-60-57-54-51-48-45-42-33-30-27-24-21-18-15-12-9-6-3)83-77(80)71-68-65-62-59-56-53-50-47-44-40-35-32-29-26-23-20-17-14-11-8-5-2/h22,25,27,30-31,34,37-38,74H,4-21,23-24,26,28-29,32-33,35-36,39-73H2,1-3H3/b25-22-,30-27-,34-31-,38-37-. The van der Waals surface area contributed by atoms with Crippen LogP contribution in [0.25, 0.3) is 0 Å². The smallest absolute Gasteiger partial charge is 0.306 e. The molecule has 0 heterocycles. The number of carbonyl (C=O) groups is 3. The molecular weight excluding hydrogens is 1020 g/mol. The molecule has 0 saturated heterocycles. The maximum atomic E-state index is 13.0. The lowest BCUT2D eigenvalue weighted by molar-refractivity contribution is -0.167. The van der Waals surface area contributed by atoms with E-state index < -0.39 is 6.10 Å². The molecule has 0 aliphatic heterocycles. The predicted octanol–water partition coefficient (Wildman–Crippen LogP) is 25.7. The summed E-state index contributed by atoms with van der Waals surface area (Å²) in [5.74, 6) is -0.845. The van der Waals surface area contributed by atoms with Crippen LogP contribution in [0.2, 0.25) is 0 Å². The van der Waals surface area contributed by atoms with Crippen molar-refractivity contribution in [2.75, 3.05) is 13.2 Å². The van der Waals surface area contributed by atoms with E-state index in [1.165, 1.54) is 295 Å². The van der Waals surface area contributed by atoms with Gasteiger partial charge in [-0.3, -0.25) is 14.4 Å². The molecule has 0 saturated carbocycles. The summed E-state index contributed by atoms with van der Waals surface area (Å²) in [6, 6.07) is 0. The summed E-state index contributed by atoms with van der Waals surface area (Å²) in [7, 11) is 0. The second-order valence-corrected chi connectivity index (χ2v) is 25.2. The molecule has 83 heavy (non-hydrogen) atoms. The Morgan fingerprint density at radius 2 is 0.434 bits per heavy atom. The highest BCUT2D eigenvalue weighted by Crippen LogP contribution is 2.19. The molecule has 486 valence electrons. The van der Waals surface area contributed by atoms with Crippen molar-refractivity contribution in [2.45, 2.75) is 412 Å². The average molecular weight is 1160 g/mol. The Morgan fingerprint density at radius 3 is 0.687 bits per heavy atom. The number of hydrogen-bond donors (Lipinski definition) is 0. The number of ether oxygens (including phenoxy) is 3. The molecule has 6 nitrogen and oxygen atoms in total. The van der Waals surface area contributed by atoms with Crippen molar-refractivity contribution in [2.24, 2.45) is 0 Å². The van der Waals surface area contributed by atoms with Gasteiger partial charge in [-0.25, -0.2) is 0 Å². The van der Waals surface area contributed by atoms with Gasteiger partial charge in [0, 0.05) is 19.3 Å². The summed E-state index contributed by atoms with van der Waals surface area (Å²) in [6.07, 6.45) is 91.4. The number of carbonyl (C=O) groups excluding carboxylic acids is 3. The van der Waals surface area contributed by atoms with E-state index in [-0.39, 0.29) is 31.1 Å². The Morgan fingerprint density at radius 1 is 0.241 bits per heavy atom. The van der Waals surface area contributed by atoms with Crippen LogP contribution in [0.1, 0.15) is 406 Å². The lowest BCUT2D eigenvalue weighted by atomic mass is 10.0.